The number of benzene rings is 2. The number of piperazine rings is 1. The van der Waals surface area contributed by atoms with Crippen LogP contribution in [0.15, 0.2) is 48.8 Å². The number of hydrogen-bond donors (Lipinski definition) is 2. The van der Waals surface area contributed by atoms with Crippen molar-refractivity contribution in [2.24, 2.45) is 0 Å². The first-order valence-electron chi connectivity index (χ1n) is 9.10. The van der Waals surface area contributed by atoms with Crippen LogP contribution in [0.25, 0.3) is 0 Å². The van der Waals surface area contributed by atoms with E-state index in [0.29, 0.717) is 54.9 Å². The predicted molar refractivity (Wildman–Crippen MR) is 107 cm³/mol. The molecule has 0 radical (unpaired) electrons. The van der Waals surface area contributed by atoms with Crippen molar-refractivity contribution in [2.45, 2.75) is 0 Å². The Hall–Kier alpha value is -3.49. The predicted octanol–water partition coefficient (Wildman–Crippen LogP) is 3.55. The van der Waals surface area contributed by atoms with Crippen molar-refractivity contribution in [2.75, 3.05) is 47.0 Å². The summed E-state index contributed by atoms with van der Waals surface area (Å²) in [5.74, 6) is -1.30. The van der Waals surface area contributed by atoms with Gasteiger partial charge in [0.15, 0.2) is 23.3 Å². The Kier molecular flexibility index (Phi) is 5.11. The fraction of sp³-hybridized carbons (Fsp3) is 0.200. The Balaban J connectivity index is 1.49. The van der Waals surface area contributed by atoms with Crippen LogP contribution >= 0.6 is 0 Å². The highest BCUT2D eigenvalue weighted by atomic mass is 19.2. The Labute approximate surface area is 165 Å². The molecule has 0 unspecified atom stereocenters. The first-order valence-corrected chi connectivity index (χ1v) is 9.10. The van der Waals surface area contributed by atoms with Crippen molar-refractivity contribution in [3.05, 3.63) is 66.2 Å². The van der Waals surface area contributed by atoms with Crippen LogP contribution in [0.1, 0.15) is 0 Å². The second-order valence-electron chi connectivity index (χ2n) is 6.64. The summed E-state index contributed by atoms with van der Waals surface area (Å²) in [6, 6.07) is 10.1. The molecule has 0 spiro atoms. The molecule has 3 N–H and O–H groups in total. The molecule has 1 aromatic heterocycles. The Morgan fingerprint density at radius 3 is 2.28 bits per heavy atom. The van der Waals surface area contributed by atoms with Gasteiger partial charge >= 0.3 is 0 Å². The van der Waals surface area contributed by atoms with Crippen molar-refractivity contribution in [1.82, 2.24) is 9.97 Å². The zero-order valence-electron chi connectivity index (χ0n) is 15.4. The number of rotatable bonds is 4. The number of nitrogens with two attached hydrogens (primary N) is 1. The first kappa shape index (κ1) is 18.9. The Morgan fingerprint density at radius 2 is 1.55 bits per heavy atom. The molecule has 2 aromatic carbocycles. The quantitative estimate of drug-likeness (QED) is 0.698. The normalized spacial score (nSPS) is 14.2. The van der Waals surface area contributed by atoms with Crippen molar-refractivity contribution in [3.8, 4) is 0 Å². The average molecular weight is 400 g/mol. The van der Waals surface area contributed by atoms with Gasteiger partial charge in [0.25, 0.3) is 0 Å². The van der Waals surface area contributed by atoms with E-state index in [0.717, 1.165) is 12.1 Å². The van der Waals surface area contributed by atoms with E-state index in [4.69, 9.17) is 5.73 Å². The maximum absolute atomic E-state index is 14.0. The van der Waals surface area contributed by atoms with Gasteiger partial charge in [-0.15, -0.1) is 0 Å². The highest BCUT2D eigenvalue weighted by Crippen LogP contribution is 2.30. The zero-order chi connectivity index (χ0) is 20.4. The van der Waals surface area contributed by atoms with Gasteiger partial charge in [0.2, 0.25) is 0 Å². The van der Waals surface area contributed by atoms with Crippen LogP contribution in [0, 0.1) is 17.5 Å². The molecule has 6 nitrogen and oxygen atoms in total. The monoisotopic (exact) mass is 400 g/mol. The van der Waals surface area contributed by atoms with Gasteiger partial charge in [-0.1, -0.05) is 12.1 Å². The van der Waals surface area contributed by atoms with E-state index in [9.17, 15) is 13.2 Å². The molecule has 1 aliphatic heterocycles. The molecule has 2 heterocycles. The molecule has 3 aromatic rings. The average Bonchev–Trinajstić information content (AvgIpc) is 2.73. The van der Waals surface area contributed by atoms with Crippen LogP contribution in [0.2, 0.25) is 0 Å². The third-order valence-corrected chi connectivity index (χ3v) is 4.82. The van der Waals surface area contributed by atoms with E-state index in [1.54, 1.807) is 12.1 Å². The SMILES string of the molecule is Nc1c(Nc2ccc(F)c(F)c2)ncnc1N1CCN(c2ccccc2F)CC1. The van der Waals surface area contributed by atoms with E-state index >= 15 is 0 Å². The minimum Gasteiger partial charge on any atom is -0.393 e. The van der Waals surface area contributed by atoms with Crippen LogP contribution in [0.4, 0.5) is 41.9 Å². The molecule has 1 aliphatic rings. The Bertz CT molecular complexity index is 1020. The van der Waals surface area contributed by atoms with Crippen LogP contribution in [0.5, 0.6) is 0 Å². The standard InChI is InChI=1S/C20H19F3N6/c21-14-6-5-13(11-16(14)23)27-19-18(24)20(26-12-25-19)29-9-7-28(8-10-29)17-4-2-1-3-15(17)22/h1-6,11-12H,7-10,24H2,(H,25,26,27). The molecule has 0 aliphatic carbocycles. The number of nitrogens with zero attached hydrogens (tertiary/aromatic N) is 4. The largest absolute Gasteiger partial charge is 0.393 e. The van der Waals surface area contributed by atoms with Gasteiger partial charge in [-0.3, -0.25) is 0 Å². The maximum atomic E-state index is 14.0. The fourth-order valence-electron chi connectivity index (χ4n) is 3.32. The number of aromatic nitrogens is 2. The summed E-state index contributed by atoms with van der Waals surface area (Å²) in [6.07, 6.45) is 1.36. The molecule has 29 heavy (non-hydrogen) atoms. The van der Waals surface area contributed by atoms with Crippen LogP contribution in [0.3, 0.4) is 0 Å². The smallest absolute Gasteiger partial charge is 0.160 e. The van der Waals surface area contributed by atoms with E-state index in [1.165, 1.54) is 18.5 Å². The number of halogens is 3. The molecule has 9 heteroatoms. The molecule has 150 valence electrons. The van der Waals surface area contributed by atoms with Gasteiger partial charge in [-0.05, 0) is 24.3 Å². The van der Waals surface area contributed by atoms with Crippen LogP contribution in [-0.2, 0) is 0 Å². The minimum atomic E-state index is -0.966. The minimum absolute atomic E-state index is 0.250. The summed E-state index contributed by atoms with van der Waals surface area (Å²) < 4.78 is 40.6. The van der Waals surface area contributed by atoms with E-state index in [2.05, 4.69) is 15.3 Å². The van der Waals surface area contributed by atoms with Crippen molar-refractivity contribution in [3.63, 3.8) is 0 Å². The lowest BCUT2D eigenvalue weighted by atomic mass is 10.2. The fourth-order valence-corrected chi connectivity index (χ4v) is 3.32. The van der Waals surface area contributed by atoms with Gasteiger partial charge in [-0.2, -0.15) is 0 Å². The lowest BCUT2D eigenvalue weighted by molar-refractivity contribution is 0.509. The lowest BCUT2D eigenvalue weighted by Crippen LogP contribution is -2.47. The summed E-state index contributed by atoms with van der Waals surface area (Å²) in [4.78, 5) is 12.3. The molecule has 1 saturated heterocycles. The summed E-state index contributed by atoms with van der Waals surface area (Å²) >= 11 is 0. The maximum Gasteiger partial charge on any atom is 0.160 e. The molecule has 0 bridgehead atoms. The topological polar surface area (TPSA) is 70.3 Å². The van der Waals surface area contributed by atoms with Crippen LogP contribution < -0.4 is 20.9 Å². The van der Waals surface area contributed by atoms with Gasteiger partial charge in [0, 0.05) is 37.9 Å². The highest BCUT2D eigenvalue weighted by molar-refractivity contribution is 5.78. The third kappa shape index (κ3) is 3.89. The van der Waals surface area contributed by atoms with E-state index in [1.807, 2.05) is 15.9 Å². The van der Waals surface area contributed by atoms with Gasteiger partial charge in [-0.25, -0.2) is 23.1 Å². The van der Waals surface area contributed by atoms with Crippen molar-refractivity contribution >= 4 is 28.7 Å². The number of anilines is 5. The Morgan fingerprint density at radius 1 is 0.828 bits per heavy atom. The second kappa shape index (κ2) is 7.86. The van der Waals surface area contributed by atoms with Gasteiger partial charge < -0.3 is 20.9 Å². The lowest BCUT2D eigenvalue weighted by Gasteiger charge is -2.37. The summed E-state index contributed by atoms with van der Waals surface area (Å²) in [7, 11) is 0. The third-order valence-electron chi connectivity index (χ3n) is 4.82. The summed E-state index contributed by atoms with van der Waals surface area (Å²) in [5.41, 5.74) is 7.43. The van der Waals surface area contributed by atoms with E-state index < -0.39 is 11.6 Å². The van der Waals surface area contributed by atoms with Crippen molar-refractivity contribution < 1.29 is 13.2 Å². The number of hydrogen-bond acceptors (Lipinski definition) is 6. The molecule has 0 saturated carbocycles. The molecule has 4 rings (SSSR count). The zero-order valence-corrected chi connectivity index (χ0v) is 15.4. The molecular formula is C20H19F3N6. The van der Waals surface area contributed by atoms with Crippen molar-refractivity contribution in [1.29, 1.82) is 0 Å². The number of nitrogens with one attached hydrogen (secondary N) is 1. The molecule has 0 atom stereocenters. The van der Waals surface area contributed by atoms with Gasteiger partial charge in [0.05, 0.1) is 5.69 Å². The van der Waals surface area contributed by atoms with Gasteiger partial charge in [0.1, 0.15) is 17.8 Å². The molecular weight excluding hydrogens is 381 g/mol. The molecule has 0 amide bonds. The first-order chi connectivity index (χ1) is 14.0. The number of nitrogen functional groups attached to an aromatic ring is 1. The molecule has 1 fully saturated rings. The highest BCUT2D eigenvalue weighted by Gasteiger charge is 2.23. The summed E-state index contributed by atoms with van der Waals surface area (Å²) in [5, 5.41) is 2.89. The second-order valence-corrected chi connectivity index (χ2v) is 6.64. The van der Waals surface area contributed by atoms with E-state index in [-0.39, 0.29) is 5.82 Å². The number of para-hydroxylation sites is 1. The van der Waals surface area contributed by atoms with Crippen LogP contribution in [-0.4, -0.2) is 36.1 Å². The summed E-state index contributed by atoms with van der Waals surface area (Å²) in [6.45, 7) is 2.41.